The highest BCUT2D eigenvalue weighted by atomic mass is 16.4. The maximum atomic E-state index is 10.7. The van der Waals surface area contributed by atoms with Gasteiger partial charge in [-0.1, -0.05) is 13.8 Å². The van der Waals surface area contributed by atoms with Crippen molar-refractivity contribution in [1.29, 1.82) is 0 Å². The van der Waals surface area contributed by atoms with Crippen LogP contribution in [0.4, 0.5) is 0 Å². The fraction of sp³-hybridized carbons (Fsp3) is 0.750. The summed E-state index contributed by atoms with van der Waals surface area (Å²) in [6.45, 7) is 3.52. The summed E-state index contributed by atoms with van der Waals surface area (Å²) in [5.74, 6) is -2.42. The van der Waals surface area contributed by atoms with E-state index in [0.717, 1.165) is 0 Å². The number of hydrogen-bond donors (Lipinski definition) is 2. The van der Waals surface area contributed by atoms with Gasteiger partial charge in [0.15, 0.2) is 5.41 Å². The monoisotopic (exact) mass is 172 g/mol. The number of carboxylic acids is 2. The summed E-state index contributed by atoms with van der Waals surface area (Å²) in [6, 6.07) is 0. The van der Waals surface area contributed by atoms with E-state index in [1.54, 1.807) is 6.92 Å². The Balaban J connectivity index is 2.97. The van der Waals surface area contributed by atoms with Crippen LogP contribution in [0.3, 0.4) is 0 Å². The van der Waals surface area contributed by atoms with Gasteiger partial charge in [0.25, 0.3) is 0 Å². The van der Waals surface area contributed by atoms with Crippen LogP contribution in [0.15, 0.2) is 0 Å². The summed E-state index contributed by atoms with van der Waals surface area (Å²) in [5.41, 5.74) is -2.06. The molecule has 68 valence electrons. The second-order valence-electron chi connectivity index (χ2n) is 3.61. The molecule has 0 saturated heterocycles. The van der Waals surface area contributed by atoms with Crippen LogP contribution in [0, 0.1) is 10.8 Å². The van der Waals surface area contributed by atoms with Gasteiger partial charge >= 0.3 is 11.9 Å². The third-order valence-corrected chi connectivity index (χ3v) is 3.07. The molecule has 2 N–H and O–H groups in total. The van der Waals surface area contributed by atoms with Crippen LogP contribution in [0.2, 0.25) is 0 Å². The van der Waals surface area contributed by atoms with E-state index < -0.39 is 22.8 Å². The Kier molecular flexibility index (Phi) is 1.67. The van der Waals surface area contributed by atoms with E-state index in [2.05, 4.69) is 0 Å². The molecule has 0 radical (unpaired) electrons. The zero-order valence-corrected chi connectivity index (χ0v) is 7.13. The van der Waals surface area contributed by atoms with E-state index in [9.17, 15) is 9.59 Å². The molecule has 12 heavy (non-hydrogen) atoms. The fourth-order valence-corrected chi connectivity index (χ4v) is 1.73. The Hall–Kier alpha value is -1.06. The second-order valence-corrected chi connectivity index (χ2v) is 3.61. The van der Waals surface area contributed by atoms with E-state index in [1.807, 2.05) is 6.92 Å². The van der Waals surface area contributed by atoms with Gasteiger partial charge in [-0.15, -0.1) is 0 Å². The van der Waals surface area contributed by atoms with Crippen LogP contribution in [0.25, 0.3) is 0 Å². The van der Waals surface area contributed by atoms with Crippen molar-refractivity contribution >= 4 is 11.9 Å². The molecular weight excluding hydrogens is 160 g/mol. The lowest BCUT2D eigenvalue weighted by atomic mass is 9.92. The van der Waals surface area contributed by atoms with Crippen LogP contribution >= 0.6 is 0 Å². The highest BCUT2D eigenvalue weighted by molar-refractivity contribution is 6.03. The van der Waals surface area contributed by atoms with E-state index in [1.165, 1.54) is 0 Å². The van der Waals surface area contributed by atoms with Gasteiger partial charge in [-0.3, -0.25) is 9.59 Å². The second kappa shape index (κ2) is 2.21. The Morgan fingerprint density at radius 1 is 1.33 bits per heavy atom. The molecule has 1 unspecified atom stereocenters. The molecule has 1 aliphatic carbocycles. The molecule has 1 saturated carbocycles. The number of rotatable bonds is 3. The van der Waals surface area contributed by atoms with Crippen molar-refractivity contribution in [2.45, 2.75) is 26.7 Å². The molecule has 0 bridgehead atoms. The summed E-state index contributed by atoms with van der Waals surface area (Å²) in [4.78, 5) is 21.4. The average molecular weight is 172 g/mol. The van der Waals surface area contributed by atoms with Crippen molar-refractivity contribution in [3.8, 4) is 0 Å². The van der Waals surface area contributed by atoms with E-state index in [-0.39, 0.29) is 6.42 Å². The van der Waals surface area contributed by atoms with Crippen molar-refractivity contribution in [3.63, 3.8) is 0 Å². The van der Waals surface area contributed by atoms with E-state index >= 15 is 0 Å². The molecule has 1 aliphatic rings. The Labute approximate surface area is 70.2 Å². The number of carboxylic acid groups (broad SMARTS) is 2. The standard InChI is InChI=1S/C8H12O4/c1-3-7(2)4-8(7,5(9)10)6(11)12/h3-4H2,1-2H3,(H,9,10)(H,11,12). The predicted molar refractivity (Wildman–Crippen MR) is 40.7 cm³/mol. The maximum Gasteiger partial charge on any atom is 0.321 e. The summed E-state index contributed by atoms with van der Waals surface area (Å²) in [6.07, 6.45) is 0.840. The smallest absolute Gasteiger partial charge is 0.321 e. The van der Waals surface area contributed by atoms with Crippen LogP contribution in [-0.4, -0.2) is 22.2 Å². The maximum absolute atomic E-state index is 10.7. The Morgan fingerprint density at radius 2 is 1.75 bits per heavy atom. The zero-order chi connectivity index (χ0) is 9.57. The molecule has 4 heteroatoms. The topological polar surface area (TPSA) is 74.6 Å². The van der Waals surface area contributed by atoms with Crippen molar-refractivity contribution in [2.24, 2.45) is 10.8 Å². The minimum absolute atomic E-state index is 0.251. The summed E-state index contributed by atoms with van der Waals surface area (Å²) < 4.78 is 0. The van der Waals surface area contributed by atoms with Crippen LogP contribution in [-0.2, 0) is 9.59 Å². The van der Waals surface area contributed by atoms with Gasteiger partial charge < -0.3 is 10.2 Å². The van der Waals surface area contributed by atoms with Crippen LogP contribution in [0.1, 0.15) is 26.7 Å². The molecule has 0 aliphatic heterocycles. The molecule has 0 heterocycles. The quantitative estimate of drug-likeness (QED) is 0.622. The van der Waals surface area contributed by atoms with Gasteiger partial charge in [0.2, 0.25) is 0 Å². The van der Waals surface area contributed by atoms with Crippen molar-refractivity contribution in [2.75, 3.05) is 0 Å². The van der Waals surface area contributed by atoms with Gasteiger partial charge in [0.1, 0.15) is 0 Å². The Morgan fingerprint density at radius 3 is 1.83 bits per heavy atom. The minimum atomic E-state index is -1.51. The number of aliphatic carboxylic acids is 2. The lowest BCUT2D eigenvalue weighted by Gasteiger charge is -2.12. The van der Waals surface area contributed by atoms with Gasteiger partial charge in [0, 0.05) is 0 Å². The predicted octanol–water partition coefficient (Wildman–Crippen LogP) is 0.962. The molecule has 0 aromatic rings. The molecule has 1 fully saturated rings. The molecule has 0 amide bonds. The molecule has 1 atom stereocenters. The van der Waals surface area contributed by atoms with Crippen molar-refractivity contribution in [3.05, 3.63) is 0 Å². The molecule has 0 aromatic carbocycles. The van der Waals surface area contributed by atoms with Gasteiger partial charge in [-0.2, -0.15) is 0 Å². The summed E-state index contributed by atoms with van der Waals surface area (Å²) in [5, 5.41) is 17.5. The molecule has 4 nitrogen and oxygen atoms in total. The van der Waals surface area contributed by atoms with Crippen LogP contribution < -0.4 is 0 Å². The highest BCUT2D eigenvalue weighted by Gasteiger charge is 2.74. The van der Waals surface area contributed by atoms with Crippen molar-refractivity contribution in [1.82, 2.24) is 0 Å². The first-order chi connectivity index (χ1) is 5.40. The summed E-state index contributed by atoms with van der Waals surface area (Å²) in [7, 11) is 0. The highest BCUT2D eigenvalue weighted by Crippen LogP contribution is 2.65. The normalized spacial score (nSPS) is 31.2. The zero-order valence-electron chi connectivity index (χ0n) is 7.13. The first kappa shape index (κ1) is 9.03. The largest absolute Gasteiger partial charge is 0.480 e. The molecule has 0 aromatic heterocycles. The molecular formula is C8H12O4. The van der Waals surface area contributed by atoms with E-state index in [4.69, 9.17) is 10.2 Å². The van der Waals surface area contributed by atoms with E-state index in [0.29, 0.717) is 6.42 Å². The molecule has 1 rings (SSSR count). The van der Waals surface area contributed by atoms with Gasteiger partial charge in [-0.25, -0.2) is 0 Å². The van der Waals surface area contributed by atoms with Crippen LogP contribution in [0.5, 0.6) is 0 Å². The lowest BCUT2D eigenvalue weighted by molar-refractivity contribution is -0.159. The Bertz CT molecular complexity index is 231. The molecule has 0 spiro atoms. The van der Waals surface area contributed by atoms with Gasteiger partial charge in [0.05, 0.1) is 0 Å². The lowest BCUT2D eigenvalue weighted by Crippen LogP contribution is -2.30. The third-order valence-electron chi connectivity index (χ3n) is 3.07. The average Bonchev–Trinajstić information content (AvgIpc) is 2.59. The fourth-order valence-electron chi connectivity index (χ4n) is 1.73. The SMILES string of the molecule is CCC1(C)CC1(C(=O)O)C(=O)O. The number of carbonyl (C=O) groups is 2. The first-order valence-electron chi connectivity index (χ1n) is 3.87. The minimum Gasteiger partial charge on any atom is -0.480 e. The van der Waals surface area contributed by atoms with Gasteiger partial charge in [-0.05, 0) is 18.3 Å². The first-order valence-corrected chi connectivity index (χ1v) is 3.87. The number of hydrogen-bond acceptors (Lipinski definition) is 2. The summed E-state index contributed by atoms with van der Waals surface area (Å²) >= 11 is 0. The van der Waals surface area contributed by atoms with Crippen molar-refractivity contribution < 1.29 is 19.8 Å². The third kappa shape index (κ3) is 0.777.